The maximum atomic E-state index is 13.9. The summed E-state index contributed by atoms with van der Waals surface area (Å²) in [5.74, 6) is -0.525. The quantitative estimate of drug-likeness (QED) is 0.834. The normalized spacial score (nSPS) is 17.4. The lowest BCUT2D eigenvalue weighted by Crippen LogP contribution is -2.41. The highest BCUT2D eigenvalue weighted by Crippen LogP contribution is 2.30. The number of carbonyl (C=O) groups excluding carboxylic acids is 1. The van der Waals surface area contributed by atoms with Crippen LogP contribution in [0.2, 0.25) is 0 Å². The van der Waals surface area contributed by atoms with E-state index in [0.29, 0.717) is 31.7 Å². The first-order chi connectivity index (χ1) is 9.49. The van der Waals surface area contributed by atoms with Crippen molar-refractivity contribution in [2.45, 2.75) is 19.8 Å². The van der Waals surface area contributed by atoms with Gasteiger partial charge in [0.2, 0.25) is 0 Å². The van der Waals surface area contributed by atoms with Crippen LogP contribution in [-0.2, 0) is 0 Å². The van der Waals surface area contributed by atoms with Crippen LogP contribution in [-0.4, -0.2) is 31.0 Å². The van der Waals surface area contributed by atoms with Crippen molar-refractivity contribution in [3.8, 4) is 11.8 Å². The molecule has 20 heavy (non-hydrogen) atoms. The Kier molecular flexibility index (Phi) is 3.93. The number of hydrogen-bond acceptors (Lipinski definition) is 3. The van der Waals surface area contributed by atoms with Gasteiger partial charge in [0, 0.05) is 19.2 Å². The number of halogens is 1. The predicted octanol–water partition coefficient (Wildman–Crippen LogP) is 2.60. The smallest absolute Gasteiger partial charge is 0.256 e. The van der Waals surface area contributed by atoms with E-state index in [1.807, 2.05) is 6.92 Å². The summed E-state index contributed by atoms with van der Waals surface area (Å²) >= 11 is 0. The van der Waals surface area contributed by atoms with Gasteiger partial charge in [-0.25, -0.2) is 4.39 Å². The van der Waals surface area contributed by atoms with Crippen molar-refractivity contribution in [1.82, 2.24) is 4.90 Å². The molecule has 0 aliphatic carbocycles. The van der Waals surface area contributed by atoms with Crippen LogP contribution in [0.1, 0.15) is 30.1 Å². The van der Waals surface area contributed by atoms with Crippen molar-refractivity contribution in [3.05, 3.63) is 29.6 Å². The number of rotatable bonds is 2. The summed E-state index contributed by atoms with van der Waals surface area (Å²) in [5.41, 5.74) is -0.332. The molecule has 0 bridgehead atoms. The molecular formula is C15H17FN2O2. The van der Waals surface area contributed by atoms with Crippen molar-refractivity contribution < 1.29 is 13.9 Å². The van der Waals surface area contributed by atoms with Gasteiger partial charge in [-0.3, -0.25) is 4.79 Å². The van der Waals surface area contributed by atoms with Crippen molar-refractivity contribution in [1.29, 1.82) is 5.26 Å². The van der Waals surface area contributed by atoms with Gasteiger partial charge in [0.1, 0.15) is 11.6 Å². The molecule has 1 aromatic rings. The van der Waals surface area contributed by atoms with Crippen LogP contribution in [0.15, 0.2) is 18.2 Å². The number of ether oxygens (including phenoxy) is 1. The van der Waals surface area contributed by atoms with Crippen LogP contribution in [0, 0.1) is 22.6 Å². The molecule has 4 nitrogen and oxygen atoms in total. The maximum Gasteiger partial charge on any atom is 0.256 e. The number of benzene rings is 1. The van der Waals surface area contributed by atoms with E-state index in [4.69, 9.17) is 10.00 Å². The monoisotopic (exact) mass is 276 g/mol. The Morgan fingerprint density at radius 3 is 2.60 bits per heavy atom. The minimum absolute atomic E-state index is 0.0476. The van der Waals surface area contributed by atoms with E-state index >= 15 is 0 Å². The molecule has 0 spiro atoms. The number of hydrogen-bond donors (Lipinski definition) is 0. The molecule has 106 valence electrons. The van der Waals surface area contributed by atoms with Gasteiger partial charge < -0.3 is 9.64 Å². The lowest BCUT2D eigenvalue weighted by atomic mass is 9.82. The predicted molar refractivity (Wildman–Crippen MR) is 71.8 cm³/mol. The second-order valence-corrected chi connectivity index (χ2v) is 5.31. The Hall–Kier alpha value is -2.09. The van der Waals surface area contributed by atoms with Crippen molar-refractivity contribution >= 4 is 5.91 Å². The topological polar surface area (TPSA) is 53.3 Å². The molecule has 1 amide bonds. The molecule has 5 heteroatoms. The highest BCUT2D eigenvalue weighted by molar-refractivity contribution is 5.94. The third kappa shape index (κ3) is 2.74. The molecule has 1 fully saturated rings. The summed E-state index contributed by atoms with van der Waals surface area (Å²) < 4.78 is 18.8. The zero-order chi connectivity index (χ0) is 14.8. The molecule has 0 atom stereocenters. The minimum Gasteiger partial charge on any atom is -0.497 e. The first-order valence-electron chi connectivity index (χ1n) is 6.53. The summed E-state index contributed by atoms with van der Waals surface area (Å²) in [4.78, 5) is 13.9. The van der Waals surface area contributed by atoms with Crippen LogP contribution in [0.4, 0.5) is 4.39 Å². The first-order valence-corrected chi connectivity index (χ1v) is 6.53. The second-order valence-electron chi connectivity index (χ2n) is 5.31. The zero-order valence-electron chi connectivity index (χ0n) is 11.6. The maximum absolute atomic E-state index is 13.9. The summed E-state index contributed by atoms with van der Waals surface area (Å²) in [6, 6.07) is 6.49. The molecule has 0 unspecified atom stereocenters. The van der Waals surface area contributed by atoms with Crippen molar-refractivity contribution in [2.75, 3.05) is 20.2 Å². The third-order valence-corrected chi connectivity index (χ3v) is 3.83. The lowest BCUT2D eigenvalue weighted by Gasteiger charge is -2.35. The molecule has 1 aliphatic heterocycles. The van der Waals surface area contributed by atoms with E-state index < -0.39 is 5.82 Å². The molecule has 1 saturated heterocycles. The Balaban J connectivity index is 2.12. The molecule has 0 saturated carbocycles. The fraction of sp³-hybridized carbons (Fsp3) is 0.467. The summed E-state index contributed by atoms with van der Waals surface area (Å²) in [6.45, 7) is 2.85. The third-order valence-electron chi connectivity index (χ3n) is 3.83. The van der Waals surface area contributed by atoms with E-state index in [0.717, 1.165) is 0 Å². The van der Waals surface area contributed by atoms with Crippen LogP contribution < -0.4 is 4.74 Å². The lowest BCUT2D eigenvalue weighted by molar-refractivity contribution is 0.0657. The van der Waals surface area contributed by atoms with E-state index in [1.165, 1.54) is 19.2 Å². The van der Waals surface area contributed by atoms with Crippen LogP contribution in [0.5, 0.6) is 5.75 Å². The number of piperidine rings is 1. The van der Waals surface area contributed by atoms with Crippen LogP contribution >= 0.6 is 0 Å². The molecular weight excluding hydrogens is 259 g/mol. The minimum atomic E-state index is -0.581. The van der Waals surface area contributed by atoms with E-state index in [1.54, 1.807) is 11.0 Å². The van der Waals surface area contributed by atoms with Gasteiger partial charge >= 0.3 is 0 Å². The van der Waals surface area contributed by atoms with Crippen LogP contribution in [0.3, 0.4) is 0 Å². The number of likely N-dealkylation sites (tertiary alicyclic amines) is 1. The Morgan fingerprint density at radius 2 is 2.10 bits per heavy atom. The van der Waals surface area contributed by atoms with Gasteiger partial charge in [-0.2, -0.15) is 5.26 Å². The van der Waals surface area contributed by atoms with Gasteiger partial charge in [0.05, 0.1) is 24.2 Å². The largest absolute Gasteiger partial charge is 0.497 e. The van der Waals surface area contributed by atoms with Crippen molar-refractivity contribution in [2.24, 2.45) is 5.41 Å². The Morgan fingerprint density at radius 1 is 1.45 bits per heavy atom. The number of carbonyl (C=O) groups is 1. The van der Waals surface area contributed by atoms with Gasteiger partial charge in [0.25, 0.3) is 5.91 Å². The van der Waals surface area contributed by atoms with Gasteiger partial charge in [-0.1, -0.05) is 0 Å². The highest BCUT2D eigenvalue weighted by atomic mass is 19.1. The van der Waals surface area contributed by atoms with Gasteiger partial charge in [-0.15, -0.1) is 0 Å². The van der Waals surface area contributed by atoms with Gasteiger partial charge in [-0.05, 0) is 31.9 Å². The molecule has 0 aromatic heterocycles. The summed E-state index contributed by atoms with van der Waals surface area (Å²) in [6.07, 6.45) is 1.24. The van der Waals surface area contributed by atoms with Crippen LogP contribution in [0.25, 0.3) is 0 Å². The Bertz CT molecular complexity index is 557. The average molecular weight is 276 g/mol. The van der Waals surface area contributed by atoms with E-state index in [9.17, 15) is 9.18 Å². The summed E-state index contributed by atoms with van der Waals surface area (Å²) in [5, 5.41) is 9.07. The second kappa shape index (κ2) is 5.49. The first kappa shape index (κ1) is 14.3. The number of nitriles is 1. The molecule has 1 aromatic carbocycles. The SMILES string of the molecule is COc1ccc(C(=O)N2CCC(C)(C#N)CC2)c(F)c1. The zero-order valence-corrected chi connectivity index (χ0v) is 11.6. The molecule has 1 heterocycles. The molecule has 1 aliphatic rings. The number of amides is 1. The fourth-order valence-corrected chi connectivity index (χ4v) is 2.28. The Labute approximate surface area is 117 Å². The summed E-state index contributed by atoms with van der Waals surface area (Å²) in [7, 11) is 1.45. The number of methoxy groups -OCH3 is 1. The highest BCUT2D eigenvalue weighted by Gasteiger charge is 2.32. The van der Waals surface area contributed by atoms with Gasteiger partial charge in [0.15, 0.2) is 0 Å². The fourth-order valence-electron chi connectivity index (χ4n) is 2.28. The molecule has 0 radical (unpaired) electrons. The van der Waals surface area contributed by atoms with E-state index in [-0.39, 0.29) is 16.9 Å². The standard InChI is InChI=1S/C15H17FN2O2/c1-15(10-17)5-7-18(8-6-15)14(19)12-4-3-11(20-2)9-13(12)16/h3-4,9H,5-8H2,1-2H3. The average Bonchev–Trinajstić information content (AvgIpc) is 2.47. The van der Waals surface area contributed by atoms with Crippen molar-refractivity contribution in [3.63, 3.8) is 0 Å². The van der Waals surface area contributed by atoms with E-state index in [2.05, 4.69) is 6.07 Å². The number of nitrogens with zero attached hydrogens (tertiary/aromatic N) is 2. The molecule has 0 N–H and O–H groups in total. The molecule has 2 rings (SSSR count).